The SMILES string of the molecule is CCC(CC)n1c(CCCl)nc2c(C)nn(C)c21. The molecule has 0 amide bonds. The molecule has 0 bridgehead atoms. The molecule has 2 rings (SSSR count). The van der Waals surface area contributed by atoms with Gasteiger partial charge in [0.2, 0.25) is 0 Å². The normalized spacial score (nSPS) is 11.9. The van der Waals surface area contributed by atoms with E-state index in [4.69, 9.17) is 16.6 Å². The van der Waals surface area contributed by atoms with Crippen molar-refractivity contribution in [3.05, 3.63) is 11.5 Å². The van der Waals surface area contributed by atoms with E-state index in [9.17, 15) is 0 Å². The summed E-state index contributed by atoms with van der Waals surface area (Å²) in [6.45, 7) is 6.44. The van der Waals surface area contributed by atoms with Crippen LogP contribution in [0.3, 0.4) is 0 Å². The number of imidazole rings is 1. The first-order valence-corrected chi connectivity index (χ1v) is 7.13. The summed E-state index contributed by atoms with van der Waals surface area (Å²) in [5.74, 6) is 1.69. The minimum atomic E-state index is 0.475. The summed E-state index contributed by atoms with van der Waals surface area (Å²) >= 11 is 5.90. The molecule has 0 radical (unpaired) electrons. The Morgan fingerprint density at radius 1 is 1.28 bits per heavy atom. The molecular formula is C13H21ClN4. The lowest BCUT2D eigenvalue weighted by Crippen LogP contribution is -2.13. The highest BCUT2D eigenvalue weighted by molar-refractivity contribution is 6.17. The molecule has 0 saturated heterocycles. The Morgan fingerprint density at radius 2 is 1.94 bits per heavy atom. The van der Waals surface area contributed by atoms with Crippen LogP contribution in [-0.4, -0.2) is 25.2 Å². The van der Waals surface area contributed by atoms with Crippen molar-refractivity contribution >= 4 is 22.8 Å². The molecule has 0 aliphatic heterocycles. The van der Waals surface area contributed by atoms with E-state index in [1.54, 1.807) is 0 Å². The van der Waals surface area contributed by atoms with Gasteiger partial charge in [0.15, 0.2) is 5.65 Å². The summed E-state index contributed by atoms with van der Waals surface area (Å²) in [6, 6.07) is 0.475. The molecule has 0 N–H and O–H groups in total. The van der Waals surface area contributed by atoms with Gasteiger partial charge in [-0.25, -0.2) is 4.98 Å². The second kappa shape index (κ2) is 5.31. The van der Waals surface area contributed by atoms with Gasteiger partial charge in [-0.2, -0.15) is 5.10 Å². The third-order valence-corrected chi connectivity index (χ3v) is 3.72. The second-order valence-electron chi connectivity index (χ2n) is 4.69. The molecule has 2 heterocycles. The number of fused-ring (bicyclic) bond motifs is 1. The average Bonchev–Trinajstić information content (AvgIpc) is 2.83. The van der Waals surface area contributed by atoms with Gasteiger partial charge in [0.1, 0.15) is 11.3 Å². The lowest BCUT2D eigenvalue weighted by Gasteiger charge is -2.18. The van der Waals surface area contributed by atoms with E-state index in [-0.39, 0.29) is 0 Å². The molecule has 0 aromatic carbocycles. The molecule has 0 unspecified atom stereocenters. The van der Waals surface area contributed by atoms with E-state index in [0.29, 0.717) is 11.9 Å². The molecule has 5 heteroatoms. The fraction of sp³-hybridized carbons (Fsp3) is 0.692. The van der Waals surface area contributed by atoms with Crippen molar-refractivity contribution in [3.63, 3.8) is 0 Å². The Bertz CT molecular complexity index is 537. The quantitative estimate of drug-likeness (QED) is 0.781. The number of aryl methyl sites for hydroxylation is 3. The Kier molecular flexibility index (Phi) is 3.95. The summed E-state index contributed by atoms with van der Waals surface area (Å²) in [6.07, 6.45) is 3.01. The van der Waals surface area contributed by atoms with Gasteiger partial charge >= 0.3 is 0 Å². The lowest BCUT2D eigenvalue weighted by atomic mass is 10.1. The second-order valence-corrected chi connectivity index (χ2v) is 5.07. The van der Waals surface area contributed by atoms with Crippen molar-refractivity contribution in [1.82, 2.24) is 19.3 Å². The van der Waals surface area contributed by atoms with Gasteiger partial charge in [0.25, 0.3) is 0 Å². The molecule has 0 saturated carbocycles. The molecule has 0 fully saturated rings. The van der Waals surface area contributed by atoms with E-state index in [1.807, 2.05) is 18.7 Å². The van der Waals surface area contributed by atoms with E-state index in [2.05, 4.69) is 23.5 Å². The molecule has 2 aromatic rings. The molecular weight excluding hydrogens is 248 g/mol. The zero-order chi connectivity index (χ0) is 13.3. The van der Waals surface area contributed by atoms with Crippen LogP contribution in [0.5, 0.6) is 0 Å². The summed E-state index contributed by atoms with van der Waals surface area (Å²) in [5, 5.41) is 4.46. The first-order chi connectivity index (χ1) is 8.63. The number of hydrogen-bond donors (Lipinski definition) is 0. The summed E-state index contributed by atoms with van der Waals surface area (Å²) in [4.78, 5) is 4.73. The van der Waals surface area contributed by atoms with Crippen LogP contribution in [0.25, 0.3) is 11.2 Å². The number of hydrogen-bond acceptors (Lipinski definition) is 2. The Hall–Kier alpha value is -1.03. The number of nitrogens with zero attached hydrogens (tertiary/aromatic N) is 4. The number of aromatic nitrogens is 4. The molecule has 0 aliphatic rings. The molecule has 0 atom stereocenters. The van der Waals surface area contributed by atoms with Gasteiger partial charge in [-0.1, -0.05) is 13.8 Å². The highest BCUT2D eigenvalue weighted by Gasteiger charge is 2.21. The predicted molar refractivity (Wildman–Crippen MR) is 75.3 cm³/mol. The van der Waals surface area contributed by atoms with Crippen LogP contribution < -0.4 is 0 Å². The smallest absolute Gasteiger partial charge is 0.158 e. The van der Waals surface area contributed by atoms with Crippen molar-refractivity contribution in [2.24, 2.45) is 7.05 Å². The van der Waals surface area contributed by atoms with Gasteiger partial charge in [0, 0.05) is 25.4 Å². The van der Waals surface area contributed by atoms with Crippen LogP contribution in [0.4, 0.5) is 0 Å². The van der Waals surface area contributed by atoms with E-state index >= 15 is 0 Å². The van der Waals surface area contributed by atoms with Crippen molar-refractivity contribution in [1.29, 1.82) is 0 Å². The summed E-state index contributed by atoms with van der Waals surface area (Å²) in [7, 11) is 1.99. The third kappa shape index (κ3) is 2.03. The average molecular weight is 269 g/mol. The summed E-state index contributed by atoms with van der Waals surface area (Å²) in [5.41, 5.74) is 3.14. The van der Waals surface area contributed by atoms with Gasteiger partial charge in [-0.15, -0.1) is 11.6 Å². The minimum absolute atomic E-state index is 0.475. The molecule has 0 aliphatic carbocycles. The third-order valence-electron chi connectivity index (χ3n) is 3.53. The maximum Gasteiger partial charge on any atom is 0.158 e. The Morgan fingerprint density at radius 3 is 2.50 bits per heavy atom. The van der Waals surface area contributed by atoms with Crippen molar-refractivity contribution < 1.29 is 0 Å². The zero-order valence-corrected chi connectivity index (χ0v) is 12.3. The van der Waals surface area contributed by atoms with Gasteiger partial charge < -0.3 is 4.57 Å². The number of rotatable bonds is 5. The van der Waals surface area contributed by atoms with E-state index in [0.717, 1.165) is 41.9 Å². The van der Waals surface area contributed by atoms with E-state index in [1.165, 1.54) is 0 Å². The van der Waals surface area contributed by atoms with Crippen LogP contribution in [-0.2, 0) is 13.5 Å². The van der Waals surface area contributed by atoms with Crippen LogP contribution >= 0.6 is 11.6 Å². The standard InChI is InChI=1S/C13H21ClN4/c1-5-10(6-2)18-11(7-8-14)15-12-9(3)16-17(4)13(12)18/h10H,5-8H2,1-4H3. The van der Waals surface area contributed by atoms with Crippen LogP contribution in [0, 0.1) is 6.92 Å². The van der Waals surface area contributed by atoms with Gasteiger partial charge in [-0.3, -0.25) is 4.68 Å². The topological polar surface area (TPSA) is 35.6 Å². The molecule has 4 nitrogen and oxygen atoms in total. The predicted octanol–water partition coefficient (Wildman–Crippen LogP) is 3.22. The van der Waals surface area contributed by atoms with Crippen molar-refractivity contribution in [3.8, 4) is 0 Å². The highest BCUT2D eigenvalue weighted by Crippen LogP contribution is 2.27. The first-order valence-electron chi connectivity index (χ1n) is 6.60. The van der Waals surface area contributed by atoms with Crippen LogP contribution in [0.1, 0.15) is 44.2 Å². The maximum absolute atomic E-state index is 5.90. The van der Waals surface area contributed by atoms with Crippen LogP contribution in [0.15, 0.2) is 0 Å². The Balaban J connectivity index is 2.67. The lowest BCUT2D eigenvalue weighted by molar-refractivity contribution is 0.460. The fourth-order valence-corrected chi connectivity index (χ4v) is 2.81. The zero-order valence-electron chi connectivity index (χ0n) is 11.6. The maximum atomic E-state index is 5.90. The van der Waals surface area contributed by atoms with Crippen molar-refractivity contribution in [2.45, 2.75) is 46.1 Å². The van der Waals surface area contributed by atoms with E-state index < -0.39 is 0 Å². The molecule has 2 aromatic heterocycles. The van der Waals surface area contributed by atoms with Gasteiger partial charge in [-0.05, 0) is 19.8 Å². The molecule has 18 heavy (non-hydrogen) atoms. The number of alkyl halides is 1. The fourth-order valence-electron chi connectivity index (χ4n) is 2.64. The molecule has 100 valence electrons. The minimum Gasteiger partial charge on any atom is -0.310 e. The highest BCUT2D eigenvalue weighted by atomic mass is 35.5. The Labute approximate surface area is 113 Å². The van der Waals surface area contributed by atoms with Crippen LogP contribution in [0.2, 0.25) is 0 Å². The van der Waals surface area contributed by atoms with Gasteiger partial charge in [0.05, 0.1) is 5.69 Å². The number of halogens is 1. The largest absolute Gasteiger partial charge is 0.310 e. The monoisotopic (exact) mass is 268 g/mol. The molecule has 0 spiro atoms. The first kappa shape index (κ1) is 13.4. The van der Waals surface area contributed by atoms with Crippen molar-refractivity contribution in [2.75, 3.05) is 5.88 Å². The summed E-state index contributed by atoms with van der Waals surface area (Å²) < 4.78 is 4.27.